The van der Waals surface area contributed by atoms with Crippen LogP contribution < -0.4 is 9.47 Å². The molecule has 1 aliphatic rings. The Hall–Kier alpha value is -4.21. The summed E-state index contributed by atoms with van der Waals surface area (Å²) < 4.78 is 21.3. The third-order valence-corrected chi connectivity index (χ3v) is 5.12. The molecule has 0 N–H and O–H groups in total. The summed E-state index contributed by atoms with van der Waals surface area (Å²) in [7, 11) is 0. The SMILES string of the molecule is CCOC(=O)c1c(COC(=O)c2cc3c(cc2[N+](=O)[O-])OCCO3)nc2ccccc2c1C. The molecule has 0 atom stereocenters. The number of pyridine rings is 1. The summed E-state index contributed by atoms with van der Waals surface area (Å²) >= 11 is 0. The van der Waals surface area contributed by atoms with Gasteiger partial charge in [0.2, 0.25) is 0 Å². The molecule has 3 aromatic rings. The van der Waals surface area contributed by atoms with Crippen LogP contribution in [0.25, 0.3) is 10.9 Å². The molecule has 0 amide bonds. The first kappa shape index (κ1) is 22.0. The van der Waals surface area contributed by atoms with Crippen LogP contribution in [-0.4, -0.2) is 41.7 Å². The van der Waals surface area contributed by atoms with E-state index in [2.05, 4.69) is 4.98 Å². The average Bonchev–Trinajstić information content (AvgIpc) is 2.81. The van der Waals surface area contributed by atoms with Gasteiger partial charge in [0.05, 0.1) is 34.4 Å². The number of carbonyl (C=O) groups is 2. The number of fused-ring (bicyclic) bond motifs is 2. The van der Waals surface area contributed by atoms with Crippen molar-refractivity contribution in [2.24, 2.45) is 0 Å². The Morgan fingerprint density at radius 3 is 2.48 bits per heavy atom. The van der Waals surface area contributed by atoms with Crippen LogP contribution >= 0.6 is 0 Å². The molecule has 2 aromatic carbocycles. The summed E-state index contributed by atoms with van der Waals surface area (Å²) in [6, 6.07) is 9.58. The maximum atomic E-state index is 12.8. The second-order valence-electron chi connectivity index (χ2n) is 7.14. The molecule has 170 valence electrons. The van der Waals surface area contributed by atoms with Crippen LogP contribution in [0.5, 0.6) is 11.5 Å². The van der Waals surface area contributed by atoms with Gasteiger partial charge < -0.3 is 18.9 Å². The van der Waals surface area contributed by atoms with Crippen LogP contribution in [0.4, 0.5) is 5.69 Å². The summed E-state index contributed by atoms with van der Waals surface area (Å²) in [5.74, 6) is -1.16. The van der Waals surface area contributed by atoms with E-state index in [9.17, 15) is 19.7 Å². The van der Waals surface area contributed by atoms with Crippen molar-refractivity contribution < 1.29 is 33.5 Å². The molecule has 2 heterocycles. The fourth-order valence-corrected chi connectivity index (χ4v) is 3.62. The third kappa shape index (κ3) is 4.27. The summed E-state index contributed by atoms with van der Waals surface area (Å²) in [6.45, 7) is 3.72. The molecule has 0 saturated carbocycles. The second-order valence-corrected chi connectivity index (χ2v) is 7.14. The van der Waals surface area contributed by atoms with Gasteiger partial charge in [0.15, 0.2) is 11.5 Å². The van der Waals surface area contributed by atoms with Crippen molar-refractivity contribution in [1.82, 2.24) is 4.98 Å². The Morgan fingerprint density at radius 1 is 1.09 bits per heavy atom. The number of nitro groups is 1. The molecular formula is C23H20N2O8. The predicted molar refractivity (Wildman–Crippen MR) is 116 cm³/mol. The Kier molecular flexibility index (Phi) is 6.07. The number of hydrogen-bond donors (Lipinski definition) is 0. The van der Waals surface area contributed by atoms with Gasteiger partial charge in [0.1, 0.15) is 25.4 Å². The molecule has 0 spiro atoms. The van der Waals surface area contributed by atoms with Crippen LogP contribution in [-0.2, 0) is 16.1 Å². The number of nitrogens with zero attached hydrogens (tertiary/aromatic N) is 2. The molecule has 0 saturated heterocycles. The van der Waals surface area contributed by atoms with Gasteiger partial charge in [-0.3, -0.25) is 10.1 Å². The fraction of sp³-hybridized carbons (Fsp3) is 0.261. The molecule has 0 aliphatic carbocycles. The zero-order chi connectivity index (χ0) is 23.5. The maximum absolute atomic E-state index is 12.8. The zero-order valence-electron chi connectivity index (χ0n) is 18.0. The lowest BCUT2D eigenvalue weighted by molar-refractivity contribution is -0.385. The van der Waals surface area contributed by atoms with Crippen molar-refractivity contribution in [1.29, 1.82) is 0 Å². The minimum absolute atomic E-state index is 0.160. The molecule has 4 rings (SSSR count). The number of carbonyl (C=O) groups excluding carboxylic acids is 2. The van der Waals surface area contributed by atoms with Crippen LogP contribution in [0.3, 0.4) is 0 Å². The quantitative estimate of drug-likeness (QED) is 0.312. The van der Waals surface area contributed by atoms with Crippen molar-refractivity contribution >= 4 is 28.5 Å². The lowest BCUT2D eigenvalue weighted by Gasteiger charge is -2.19. The topological polar surface area (TPSA) is 127 Å². The van der Waals surface area contributed by atoms with E-state index in [-0.39, 0.29) is 54.7 Å². The van der Waals surface area contributed by atoms with E-state index >= 15 is 0 Å². The van der Waals surface area contributed by atoms with Gasteiger partial charge in [-0.15, -0.1) is 0 Å². The number of benzene rings is 2. The van der Waals surface area contributed by atoms with Gasteiger partial charge in [-0.05, 0) is 25.5 Å². The smallest absolute Gasteiger partial charge is 0.345 e. The normalized spacial score (nSPS) is 12.3. The van der Waals surface area contributed by atoms with E-state index in [0.29, 0.717) is 11.1 Å². The highest BCUT2D eigenvalue weighted by molar-refractivity contribution is 5.99. The van der Waals surface area contributed by atoms with Crippen molar-refractivity contribution in [3.63, 3.8) is 0 Å². The van der Waals surface area contributed by atoms with E-state index in [1.807, 2.05) is 12.1 Å². The highest BCUT2D eigenvalue weighted by atomic mass is 16.6. The molecule has 0 fully saturated rings. The number of hydrogen-bond acceptors (Lipinski definition) is 9. The largest absolute Gasteiger partial charge is 0.486 e. The molecule has 33 heavy (non-hydrogen) atoms. The molecule has 0 unspecified atom stereocenters. The highest BCUT2D eigenvalue weighted by Gasteiger charge is 2.28. The van der Waals surface area contributed by atoms with E-state index in [1.54, 1.807) is 26.0 Å². The Balaban J connectivity index is 1.69. The number of aromatic nitrogens is 1. The Morgan fingerprint density at radius 2 is 1.79 bits per heavy atom. The lowest BCUT2D eigenvalue weighted by atomic mass is 10.0. The molecule has 0 bridgehead atoms. The van der Waals surface area contributed by atoms with Crippen molar-refractivity contribution in [3.8, 4) is 11.5 Å². The first-order valence-electron chi connectivity index (χ1n) is 10.2. The molecule has 1 aliphatic heterocycles. The molecule has 10 heteroatoms. The van der Waals surface area contributed by atoms with Crippen molar-refractivity contribution in [3.05, 3.63) is 68.9 Å². The molecule has 0 radical (unpaired) electrons. The summed E-state index contributed by atoms with van der Waals surface area (Å²) in [6.07, 6.45) is 0. The average molecular weight is 452 g/mol. The number of rotatable bonds is 6. The standard InChI is InChI=1S/C23H20N2O8/c1-3-30-23(27)21-13(2)14-6-4-5-7-16(14)24-17(21)12-33-22(26)15-10-19-20(32-9-8-31-19)11-18(15)25(28)29/h4-7,10-11H,3,8-9,12H2,1-2H3. The first-order chi connectivity index (χ1) is 15.9. The van der Waals surface area contributed by atoms with Crippen LogP contribution in [0.2, 0.25) is 0 Å². The van der Waals surface area contributed by atoms with Crippen LogP contribution in [0, 0.1) is 17.0 Å². The third-order valence-electron chi connectivity index (χ3n) is 5.12. The Labute approximate surface area is 188 Å². The minimum Gasteiger partial charge on any atom is -0.486 e. The number of ether oxygens (including phenoxy) is 4. The van der Waals surface area contributed by atoms with E-state index in [0.717, 1.165) is 11.5 Å². The van der Waals surface area contributed by atoms with Crippen LogP contribution in [0.15, 0.2) is 36.4 Å². The number of aryl methyl sites for hydroxylation is 1. The molecular weight excluding hydrogens is 432 g/mol. The fourth-order valence-electron chi connectivity index (χ4n) is 3.62. The van der Waals surface area contributed by atoms with Gasteiger partial charge >= 0.3 is 11.9 Å². The van der Waals surface area contributed by atoms with Gasteiger partial charge in [0.25, 0.3) is 5.69 Å². The Bertz CT molecular complexity index is 1270. The van der Waals surface area contributed by atoms with Gasteiger partial charge in [-0.25, -0.2) is 14.6 Å². The maximum Gasteiger partial charge on any atom is 0.345 e. The number of esters is 2. The lowest BCUT2D eigenvalue weighted by Crippen LogP contribution is -2.18. The van der Waals surface area contributed by atoms with E-state index in [1.165, 1.54) is 6.07 Å². The highest BCUT2D eigenvalue weighted by Crippen LogP contribution is 2.37. The molecule has 1 aromatic heterocycles. The number of nitro benzene ring substituents is 1. The van der Waals surface area contributed by atoms with E-state index in [4.69, 9.17) is 18.9 Å². The predicted octanol–water partition coefficient (Wildman–Crippen LogP) is 3.76. The van der Waals surface area contributed by atoms with Gasteiger partial charge in [0, 0.05) is 11.5 Å². The monoisotopic (exact) mass is 452 g/mol. The molecule has 10 nitrogen and oxygen atoms in total. The minimum atomic E-state index is -0.957. The number of para-hydroxylation sites is 1. The summed E-state index contributed by atoms with van der Waals surface area (Å²) in [5.41, 5.74) is 0.866. The summed E-state index contributed by atoms with van der Waals surface area (Å²) in [4.78, 5) is 40.7. The van der Waals surface area contributed by atoms with Crippen molar-refractivity contribution in [2.75, 3.05) is 19.8 Å². The van der Waals surface area contributed by atoms with Crippen molar-refractivity contribution in [2.45, 2.75) is 20.5 Å². The first-order valence-corrected chi connectivity index (χ1v) is 10.2. The zero-order valence-corrected chi connectivity index (χ0v) is 18.0. The van der Waals surface area contributed by atoms with E-state index < -0.39 is 22.5 Å². The van der Waals surface area contributed by atoms with Gasteiger partial charge in [-0.1, -0.05) is 18.2 Å². The van der Waals surface area contributed by atoms with Gasteiger partial charge in [-0.2, -0.15) is 0 Å². The summed E-state index contributed by atoms with van der Waals surface area (Å²) in [5, 5.41) is 12.3. The van der Waals surface area contributed by atoms with Crippen LogP contribution in [0.1, 0.15) is 38.9 Å². The second kappa shape index (κ2) is 9.11.